The molecule has 0 saturated carbocycles. The fraction of sp³-hybridized carbons (Fsp3) is 0.152. The molecule has 1 aliphatic heterocycles. The molecular formula is C33H29N3O4. The molecule has 1 aliphatic rings. The topological polar surface area (TPSA) is 76.7 Å². The fourth-order valence-electron chi connectivity index (χ4n) is 5.09. The van der Waals surface area contributed by atoms with Crippen LogP contribution in [0.4, 0.5) is 0 Å². The maximum atomic E-state index is 13.8. The number of aromatic nitrogens is 2. The van der Waals surface area contributed by atoms with Crippen molar-refractivity contribution < 1.29 is 19.0 Å². The first kappa shape index (κ1) is 25.2. The number of H-pyrrole nitrogens is 1. The van der Waals surface area contributed by atoms with Crippen LogP contribution in [0.1, 0.15) is 38.8 Å². The highest BCUT2D eigenvalue weighted by Gasteiger charge is 2.42. The molecule has 0 radical (unpaired) electrons. The van der Waals surface area contributed by atoms with E-state index in [9.17, 15) is 4.79 Å². The number of carbonyl (C=O) groups is 1. The highest BCUT2D eigenvalue weighted by molar-refractivity contribution is 6.00. The van der Waals surface area contributed by atoms with Gasteiger partial charge in [0.1, 0.15) is 29.5 Å². The molecular weight excluding hydrogens is 502 g/mol. The maximum absolute atomic E-state index is 13.8. The predicted octanol–water partition coefficient (Wildman–Crippen LogP) is 6.42. The van der Waals surface area contributed by atoms with E-state index < -0.39 is 0 Å². The third-order valence-corrected chi connectivity index (χ3v) is 7.18. The lowest BCUT2D eigenvalue weighted by Crippen LogP contribution is -2.29. The van der Waals surface area contributed by atoms with Gasteiger partial charge < -0.3 is 19.1 Å². The van der Waals surface area contributed by atoms with Gasteiger partial charge in [0.05, 0.1) is 26.0 Å². The van der Waals surface area contributed by atoms with E-state index in [0.717, 1.165) is 50.8 Å². The number of aromatic amines is 1. The third kappa shape index (κ3) is 4.89. The van der Waals surface area contributed by atoms with Crippen molar-refractivity contribution in [2.24, 2.45) is 0 Å². The zero-order valence-electron chi connectivity index (χ0n) is 22.3. The largest absolute Gasteiger partial charge is 0.497 e. The second-order valence-electron chi connectivity index (χ2n) is 9.62. The van der Waals surface area contributed by atoms with Crippen molar-refractivity contribution in [1.82, 2.24) is 15.1 Å². The molecule has 1 atom stereocenters. The number of carbonyl (C=O) groups excluding carboxylic acids is 1. The van der Waals surface area contributed by atoms with Crippen LogP contribution in [0, 0.1) is 0 Å². The Morgan fingerprint density at radius 3 is 2.02 bits per heavy atom. The summed E-state index contributed by atoms with van der Waals surface area (Å²) in [6.45, 7) is 0.920. The predicted molar refractivity (Wildman–Crippen MR) is 153 cm³/mol. The second-order valence-corrected chi connectivity index (χ2v) is 9.62. The van der Waals surface area contributed by atoms with Gasteiger partial charge in [0, 0.05) is 17.7 Å². The van der Waals surface area contributed by atoms with Crippen LogP contribution in [-0.4, -0.2) is 35.2 Å². The molecule has 0 saturated heterocycles. The van der Waals surface area contributed by atoms with E-state index in [1.807, 2.05) is 108 Å². The van der Waals surface area contributed by atoms with Crippen LogP contribution < -0.4 is 14.2 Å². The van der Waals surface area contributed by atoms with Crippen LogP contribution >= 0.6 is 0 Å². The summed E-state index contributed by atoms with van der Waals surface area (Å²) >= 11 is 0. The van der Waals surface area contributed by atoms with Crippen LogP contribution in [0.5, 0.6) is 17.2 Å². The molecule has 4 aromatic carbocycles. The molecule has 1 unspecified atom stereocenters. The Labute approximate surface area is 233 Å². The molecule has 7 heteroatoms. The summed E-state index contributed by atoms with van der Waals surface area (Å²) in [5.74, 6) is 2.21. The van der Waals surface area contributed by atoms with E-state index in [2.05, 4.69) is 10.2 Å². The van der Waals surface area contributed by atoms with Crippen LogP contribution in [0.15, 0.2) is 103 Å². The molecule has 5 aromatic rings. The van der Waals surface area contributed by atoms with Crippen molar-refractivity contribution in [3.05, 3.63) is 131 Å². The van der Waals surface area contributed by atoms with Crippen molar-refractivity contribution in [3.63, 3.8) is 0 Å². The van der Waals surface area contributed by atoms with Gasteiger partial charge in [-0.3, -0.25) is 9.89 Å². The molecule has 7 nitrogen and oxygen atoms in total. The second kappa shape index (κ2) is 11.0. The van der Waals surface area contributed by atoms with E-state index >= 15 is 0 Å². The van der Waals surface area contributed by atoms with Crippen molar-refractivity contribution in [3.8, 4) is 28.5 Å². The fourth-order valence-corrected chi connectivity index (χ4v) is 5.09. The Hall–Kier alpha value is -5.04. The van der Waals surface area contributed by atoms with Crippen LogP contribution in [0.25, 0.3) is 11.3 Å². The van der Waals surface area contributed by atoms with Crippen molar-refractivity contribution >= 4 is 5.91 Å². The summed E-state index contributed by atoms with van der Waals surface area (Å²) in [6, 6.07) is 33.2. The smallest absolute Gasteiger partial charge is 0.273 e. The SMILES string of the molecule is COc1ccc(CN2C(=O)c3[nH]nc(-c4ccc(OC)cc4)c3C2c2ccc(OCc3ccccc3)cc2)cc1. The van der Waals surface area contributed by atoms with Crippen LogP contribution in [0.3, 0.4) is 0 Å². The van der Waals surface area contributed by atoms with Gasteiger partial charge in [-0.05, 0) is 65.2 Å². The third-order valence-electron chi connectivity index (χ3n) is 7.18. The number of fused-ring (bicyclic) bond motifs is 1. The van der Waals surface area contributed by atoms with Crippen LogP contribution in [0.2, 0.25) is 0 Å². The summed E-state index contributed by atoms with van der Waals surface area (Å²) in [4.78, 5) is 15.7. The van der Waals surface area contributed by atoms with Crippen molar-refractivity contribution in [2.75, 3.05) is 14.2 Å². The summed E-state index contributed by atoms with van der Waals surface area (Å²) in [6.07, 6.45) is 0. The zero-order valence-corrected chi connectivity index (χ0v) is 22.3. The van der Waals surface area contributed by atoms with Gasteiger partial charge in [0.2, 0.25) is 0 Å². The standard InChI is InChI=1S/C33H29N3O4/c1-38-26-14-8-22(9-15-26)20-36-32(25-12-18-28(19-13-25)40-21-23-6-4-3-5-7-23)29-30(34-35-31(29)33(36)37)24-10-16-27(39-2)17-11-24/h3-19,32H,20-21H2,1-2H3,(H,34,35). The molecule has 1 amide bonds. The first-order valence-corrected chi connectivity index (χ1v) is 13.1. The van der Waals surface area contributed by atoms with E-state index in [1.54, 1.807) is 14.2 Å². The Kier molecular flexibility index (Phi) is 6.93. The molecule has 0 fully saturated rings. The molecule has 40 heavy (non-hydrogen) atoms. The number of methoxy groups -OCH3 is 2. The average Bonchev–Trinajstić information content (AvgIpc) is 3.56. The van der Waals surface area contributed by atoms with Gasteiger partial charge in [-0.15, -0.1) is 0 Å². The molecule has 6 rings (SSSR count). The minimum absolute atomic E-state index is 0.0903. The van der Waals surface area contributed by atoms with E-state index in [-0.39, 0.29) is 11.9 Å². The lowest BCUT2D eigenvalue weighted by atomic mass is 9.95. The van der Waals surface area contributed by atoms with Gasteiger partial charge in [-0.25, -0.2) is 0 Å². The molecule has 1 N–H and O–H groups in total. The molecule has 0 spiro atoms. The number of benzene rings is 4. The number of nitrogens with zero attached hydrogens (tertiary/aromatic N) is 2. The average molecular weight is 532 g/mol. The normalized spacial score (nSPS) is 14.2. The van der Waals surface area contributed by atoms with Gasteiger partial charge in [0.15, 0.2) is 0 Å². The van der Waals surface area contributed by atoms with E-state index in [4.69, 9.17) is 14.2 Å². The monoisotopic (exact) mass is 531 g/mol. The van der Waals surface area contributed by atoms with Crippen molar-refractivity contribution in [2.45, 2.75) is 19.2 Å². The zero-order chi connectivity index (χ0) is 27.5. The molecule has 0 aliphatic carbocycles. The lowest BCUT2D eigenvalue weighted by Gasteiger charge is -2.27. The number of hydrogen-bond donors (Lipinski definition) is 1. The highest BCUT2D eigenvalue weighted by Crippen LogP contribution is 2.44. The van der Waals surface area contributed by atoms with Gasteiger partial charge in [-0.1, -0.05) is 54.6 Å². The van der Waals surface area contributed by atoms with Gasteiger partial charge >= 0.3 is 0 Å². The number of rotatable bonds is 9. The summed E-state index contributed by atoms with van der Waals surface area (Å²) in [5.41, 5.74) is 6.11. The molecule has 0 bridgehead atoms. The van der Waals surface area contributed by atoms with Crippen molar-refractivity contribution in [1.29, 1.82) is 0 Å². The first-order valence-electron chi connectivity index (χ1n) is 13.1. The Morgan fingerprint density at radius 1 is 0.750 bits per heavy atom. The number of hydrogen-bond acceptors (Lipinski definition) is 5. The number of nitrogens with one attached hydrogen (secondary N) is 1. The molecule has 1 aromatic heterocycles. The van der Waals surface area contributed by atoms with Gasteiger partial charge in [0.25, 0.3) is 5.91 Å². The minimum Gasteiger partial charge on any atom is -0.497 e. The van der Waals surface area contributed by atoms with Crippen LogP contribution in [-0.2, 0) is 13.2 Å². The summed E-state index contributed by atoms with van der Waals surface area (Å²) in [5, 5.41) is 7.61. The quantitative estimate of drug-likeness (QED) is 0.238. The summed E-state index contributed by atoms with van der Waals surface area (Å²) < 4.78 is 16.7. The Balaban J connectivity index is 1.35. The maximum Gasteiger partial charge on any atom is 0.273 e. The van der Waals surface area contributed by atoms with E-state index in [1.165, 1.54) is 0 Å². The Morgan fingerprint density at radius 2 is 1.38 bits per heavy atom. The van der Waals surface area contributed by atoms with E-state index in [0.29, 0.717) is 18.8 Å². The number of amides is 1. The highest BCUT2D eigenvalue weighted by atomic mass is 16.5. The molecule has 200 valence electrons. The summed E-state index contributed by atoms with van der Waals surface area (Å²) in [7, 11) is 3.28. The first-order chi connectivity index (χ1) is 19.6. The minimum atomic E-state index is -0.330. The molecule has 2 heterocycles. The number of ether oxygens (including phenoxy) is 3. The Bertz CT molecular complexity index is 1600. The van der Waals surface area contributed by atoms with Gasteiger partial charge in [-0.2, -0.15) is 5.10 Å². The lowest BCUT2D eigenvalue weighted by molar-refractivity contribution is 0.0730.